The molecule has 1 N–H and O–H groups in total. The van der Waals surface area contributed by atoms with Gasteiger partial charge in [0.25, 0.3) is 5.91 Å². The lowest BCUT2D eigenvalue weighted by Crippen LogP contribution is -2.38. The Morgan fingerprint density at radius 1 is 1.23 bits per heavy atom. The maximum absolute atomic E-state index is 12.7. The third kappa shape index (κ3) is 4.01. The fraction of sp³-hybridized carbons (Fsp3) is 0.389. The highest BCUT2D eigenvalue weighted by molar-refractivity contribution is 7.91. The van der Waals surface area contributed by atoms with Crippen LogP contribution in [0.15, 0.2) is 30.5 Å². The van der Waals surface area contributed by atoms with Crippen molar-refractivity contribution in [2.45, 2.75) is 26.3 Å². The van der Waals surface area contributed by atoms with E-state index in [0.717, 1.165) is 11.3 Å². The van der Waals surface area contributed by atoms with Crippen molar-refractivity contribution in [2.75, 3.05) is 23.9 Å². The van der Waals surface area contributed by atoms with Gasteiger partial charge < -0.3 is 10.2 Å². The molecular weight excluding hydrogens is 352 g/mol. The highest BCUT2D eigenvalue weighted by Gasteiger charge is 2.33. The Bertz CT molecular complexity index is 943. The second-order valence-electron chi connectivity index (χ2n) is 6.66. The number of carbonyl (C=O) groups excluding carboxylic acids is 1. The Hall–Kier alpha value is -2.48. The first kappa shape index (κ1) is 18.3. The molecule has 0 bridgehead atoms. The summed E-state index contributed by atoms with van der Waals surface area (Å²) in [7, 11) is -1.43. The second kappa shape index (κ2) is 7.03. The Labute approximate surface area is 153 Å². The number of nitrogens with zero attached hydrogens (tertiary/aromatic N) is 3. The van der Waals surface area contributed by atoms with Gasteiger partial charge in [-0.3, -0.25) is 4.79 Å². The van der Waals surface area contributed by atoms with Gasteiger partial charge in [0.15, 0.2) is 9.84 Å². The van der Waals surface area contributed by atoms with Crippen LogP contribution in [-0.4, -0.2) is 53.8 Å². The summed E-state index contributed by atoms with van der Waals surface area (Å²) in [4.78, 5) is 22.6. The number of nitrogens with one attached hydrogen (secondary N) is 1. The van der Waals surface area contributed by atoms with Crippen molar-refractivity contribution in [3.05, 3.63) is 47.3 Å². The Morgan fingerprint density at radius 3 is 2.65 bits per heavy atom. The molecule has 1 aliphatic heterocycles. The average Bonchev–Trinajstić information content (AvgIpc) is 2.97. The first-order chi connectivity index (χ1) is 12.2. The van der Waals surface area contributed by atoms with Crippen LogP contribution in [0.3, 0.4) is 0 Å². The number of sulfone groups is 1. The fourth-order valence-electron chi connectivity index (χ4n) is 2.91. The standard InChI is InChI=1S/C18H22N4O3S/c1-12-4-5-14(10-13(12)2)20-18-19-8-6-16(21-18)17(23)22(3)15-7-9-26(24,25)11-15/h4-6,8,10,15H,7,9,11H2,1-3H3,(H,19,20,21). The van der Waals surface area contributed by atoms with E-state index >= 15 is 0 Å². The summed E-state index contributed by atoms with van der Waals surface area (Å²) in [5, 5.41) is 3.10. The first-order valence-corrected chi connectivity index (χ1v) is 10.2. The Morgan fingerprint density at radius 2 is 2.00 bits per heavy atom. The lowest BCUT2D eigenvalue weighted by Gasteiger charge is -2.23. The van der Waals surface area contributed by atoms with Crippen molar-refractivity contribution in [2.24, 2.45) is 0 Å². The van der Waals surface area contributed by atoms with Crippen molar-refractivity contribution in [3.63, 3.8) is 0 Å². The number of hydrogen-bond acceptors (Lipinski definition) is 6. The van der Waals surface area contributed by atoms with E-state index in [0.29, 0.717) is 12.4 Å². The van der Waals surface area contributed by atoms with Gasteiger partial charge in [-0.05, 0) is 49.6 Å². The Kier molecular flexibility index (Phi) is 4.95. The molecule has 1 amide bonds. The predicted molar refractivity (Wildman–Crippen MR) is 100 cm³/mol. The zero-order chi connectivity index (χ0) is 18.9. The molecule has 2 aromatic rings. The van der Waals surface area contributed by atoms with Crippen LogP contribution in [0.25, 0.3) is 0 Å². The SMILES string of the molecule is Cc1ccc(Nc2nccc(C(=O)N(C)C3CCS(=O)(=O)C3)n2)cc1C. The van der Waals surface area contributed by atoms with Gasteiger partial charge in [0, 0.05) is 25.0 Å². The van der Waals surface area contributed by atoms with Crippen LogP contribution in [0.2, 0.25) is 0 Å². The van der Waals surface area contributed by atoms with Gasteiger partial charge in [0.1, 0.15) is 5.69 Å². The predicted octanol–water partition coefficient (Wildman–Crippen LogP) is 2.10. The highest BCUT2D eigenvalue weighted by Crippen LogP contribution is 2.20. The molecule has 1 aromatic heterocycles. The van der Waals surface area contributed by atoms with Crippen LogP contribution < -0.4 is 5.32 Å². The van der Waals surface area contributed by atoms with Crippen LogP contribution in [0.5, 0.6) is 0 Å². The quantitative estimate of drug-likeness (QED) is 0.881. The molecule has 0 saturated carbocycles. The van der Waals surface area contributed by atoms with Crippen LogP contribution >= 0.6 is 0 Å². The van der Waals surface area contributed by atoms with E-state index in [1.54, 1.807) is 7.05 Å². The summed E-state index contributed by atoms with van der Waals surface area (Å²) in [5.41, 5.74) is 3.41. The normalized spacial score (nSPS) is 18.5. The first-order valence-electron chi connectivity index (χ1n) is 8.40. The smallest absolute Gasteiger partial charge is 0.272 e. The summed E-state index contributed by atoms with van der Waals surface area (Å²) in [6.45, 7) is 4.06. The van der Waals surface area contributed by atoms with Gasteiger partial charge in [0.2, 0.25) is 5.95 Å². The number of rotatable bonds is 4. The molecule has 7 nitrogen and oxygen atoms in total. The van der Waals surface area contributed by atoms with Crippen molar-refractivity contribution in [1.82, 2.24) is 14.9 Å². The van der Waals surface area contributed by atoms with E-state index < -0.39 is 9.84 Å². The van der Waals surface area contributed by atoms with Crippen molar-refractivity contribution in [3.8, 4) is 0 Å². The van der Waals surface area contributed by atoms with E-state index in [4.69, 9.17) is 0 Å². The van der Waals surface area contributed by atoms with Crippen LogP contribution in [-0.2, 0) is 9.84 Å². The molecule has 0 spiro atoms. The third-order valence-electron chi connectivity index (χ3n) is 4.71. The molecule has 1 saturated heterocycles. The third-order valence-corrected chi connectivity index (χ3v) is 6.46. The van der Waals surface area contributed by atoms with E-state index in [2.05, 4.69) is 15.3 Å². The summed E-state index contributed by atoms with van der Waals surface area (Å²) in [5.74, 6) is 0.149. The topological polar surface area (TPSA) is 92.3 Å². The molecule has 138 valence electrons. The van der Waals surface area contributed by atoms with Crippen LogP contribution in [0.1, 0.15) is 28.0 Å². The number of benzene rings is 1. The van der Waals surface area contributed by atoms with Gasteiger partial charge >= 0.3 is 0 Å². The van der Waals surface area contributed by atoms with Crippen molar-refractivity contribution < 1.29 is 13.2 Å². The molecule has 1 aromatic carbocycles. The zero-order valence-corrected chi connectivity index (χ0v) is 15.9. The van der Waals surface area contributed by atoms with E-state index in [1.165, 1.54) is 22.7 Å². The van der Waals surface area contributed by atoms with Gasteiger partial charge in [0.05, 0.1) is 11.5 Å². The maximum atomic E-state index is 12.7. The highest BCUT2D eigenvalue weighted by atomic mass is 32.2. The van der Waals surface area contributed by atoms with Crippen molar-refractivity contribution in [1.29, 1.82) is 0 Å². The molecule has 1 unspecified atom stereocenters. The molecular formula is C18H22N4O3S. The number of hydrogen-bond donors (Lipinski definition) is 1. The van der Waals surface area contributed by atoms with E-state index in [9.17, 15) is 13.2 Å². The minimum atomic E-state index is -3.05. The van der Waals surface area contributed by atoms with Gasteiger partial charge in [-0.2, -0.15) is 0 Å². The van der Waals surface area contributed by atoms with Gasteiger partial charge in [-0.25, -0.2) is 18.4 Å². The van der Waals surface area contributed by atoms with Gasteiger partial charge in [-0.1, -0.05) is 6.07 Å². The largest absolute Gasteiger partial charge is 0.336 e. The monoisotopic (exact) mass is 374 g/mol. The second-order valence-corrected chi connectivity index (χ2v) is 8.89. The summed E-state index contributed by atoms with van der Waals surface area (Å²) < 4.78 is 23.3. The van der Waals surface area contributed by atoms with Gasteiger partial charge in [-0.15, -0.1) is 0 Å². The molecule has 26 heavy (non-hydrogen) atoms. The molecule has 1 atom stereocenters. The lowest BCUT2D eigenvalue weighted by atomic mass is 10.1. The maximum Gasteiger partial charge on any atom is 0.272 e. The lowest BCUT2D eigenvalue weighted by molar-refractivity contribution is 0.0741. The fourth-order valence-corrected chi connectivity index (χ4v) is 4.69. The van der Waals surface area contributed by atoms with Crippen LogP contribution in [0, 0.1) is 13.8 Å². The van der Waals surface area contributed by atoms with E-state index in [1.807, 2.05) is 32.0 Å². The van der Waals surface area contributed by atoms with Crippen LogP contribution in [0.4, 0.5) is 11.6 Å². The number of carbonyl (C=O) groups is 1. The molecule has 1 aliphatic rings. The molecule has 1 fully saturated rings. The molecule has 0 radical (unpaired) electrons. The minimum absolute atomic E-state index is 0.00801. The Balaban J connectivity index is 1.76. The number of amides is 1. The molecule has 3 rings (SSSR count). The number of aryl methyl sites for hydroxylation is 2. The molecule has 0 aliphatic carbocycles. The van der Waals surface area contributed by atoms with E-state index in [-0.39, 0.29) is 29.1 Å². The number of aromatic nitrogens is 2. The molecule has 2 heterocycles. The summed E-state index contributed by atoms with van der Waals surface area (Å²) in [6.07, 6.45) is 1.98. The minimum Gasteiger partial charge on any atom is -0.336 e. The molecule has 8 heteroatoms. The summed E-state index contributed by atoms with van der Waals surface area (Å²) >= 11 is 0. The summed E-state index contributed by atoms with van der Waals surface area (Å²) in [6, 6.07) is 7.14. The number of anilines is 2. The average molecular weight is 374 g/mol. The van der Waals surface area contributed by atoms with Crippen molar-refractivity contribution >= 4 is 27.4 Å². The zero-order valence-electron chi connectivity index (χ0n) is 15.1.